The highest BCUT2D eigenvalue weighted by Gasteiger charge is 2.44. The van der Waals surface area contributed by atoms with Crippen LogP contribution >= 0.6 is 0 Å². The molecule has 0 saturated heterocycles. The predicted molar refractivity (Wildman–Crippen MR) is 83.9 cm³/mol. The zero-order valence-corrected chi connectivity index (χ0v) is 13.2. The van der Waals surface area contributed by atoms with Crippen molar-refractivity contribution >= 4 is 0 Å². The molecule has 2 N–H and O–H groups in total. The topological polar surface area (TPSA) is 35.1 Å². The number of benzene rings is 1. The lowest BCUT2D eigenvalue weighted by Gasteiger charge is -2.38. The number of nitrogens with two attached hydrogens (primary N) is 1. The maximum Gasteiger partial charge on any atom is 0.161 e. The molecule has 0 aromatic heterocycles. The molecule has 3 rings (SSSR count). The van der Waals surface area contributed by atoms with E-state index in [1.165, 1.54) is 36.8 Å². The molecule has 0 radical (unpaired) electrons. The number of hydrogen-bond acceptors (Lipinski definition) is 2. The van der Waals surface area contributed by atoms with Gasteiger partial charge in [-0.05, 0) is 30.5 Å². The second-order valence-electron chi connectivity index (χ2n) is 6.45. The summed E-state index contributed by atoms with van der Waals surface area (Å²) in [5, 5.41) is 2.61. The minimum atomic E-state index is 0.403. The Hall–Kier alpha value is -1.48. The summed E-state index contributed by atoms with van der Waals surface area (Å²) in [4.78, 5) is 0. The van der Waals surface area contributed by atoms with Crippen molar-refractivity contribution < 1.29 is 14.8 Å². The number of methoxy groups -OCH3 is 2. The van der Waals surface area contributed by atoms with E-state index in [1.54, 1.807) is 14.2 Å². The monoisotopic (exact) mass is 288 g/mol. The summed E-state index contributed by atoms with van der Waals surface area (Å²) in [6, 6.07) is 4.82. The molecule has 1 aliphatic carbocycles. The molecule has 114 valence electrons. The number of ether oxygens (including phenoxy) is 2. The lowest BCUT2D eigenvalue weighted by atomic mass is 9.79. The lowest BCUT2D eigenvalue weighted by Crippen LogP contribution is -2.98. The normalized spacial score (nSPS) is 22.9. The summed E-state index contributed by atoms with van der Waals surface area (Å²) in [5.41, 5.74) is 3.23. The summed E-state index contributed by atoms with van der Waals surface area (Å²) in [5.74, 6) is 1.68. The van der Waals surface area contributed by atoms with Crippen molar-refractivity contribution in [3.8, 4) is 11.5 Å². The zero-order valence-electron chi connectivity index (χ0n) is 13.2. The van der Waals surface area contributed by atoms with Gasteiger partial charge in [0.15, 0.2) is 11.5 Å². The molecule has 1 aliphatic heterocycles. The second-order valence-corrected chi connectivity index (χ2v) is 6.45. The number of hydrogen-bond donors (Lipinski definition) is 1. The summed E-state index contributed by atoms with van der Waals surface area (Å²) >= 11 is 0. The van der Waals surface area contributed by atoms with Gasteiger partial charge in [-0.15, -0.1) is 6.58 Å². The van der Waals surface area contributed by atoms with Crippen LogP contribution in [0, 0.1) is 0 Å². The van der Waals surface area contributed by atoms with E-state index in [1.807, 2.05) is 6.08 Å². The fraction of sp³-hybridized carbons (Fsp3) is 0.556. The van der Waals surface area contributed by atoms with Crippen LogP contribution in [0.25, 0.3) is 0 Å². The molecule has 1 aromatic carbocycles. The van der Waals surface area contributed by atoms with Crippen LogP contribution < -0.4 is 14.8 Å². The van der Waals surface area contributed by atoms with Crippen molar-refractivity contribution in [1.29, 1.82) is 0 Å². The highest BCUT2D eigenvalue weighted by atomic mass is 16.5. The molecule has 1 saturated carbocycles. The van der Waals surface area contributed by atoms with Crippen molar-refractivity contribution in [1.82, 2.24) is 0 Å². The first kappa shape index (κ1) is 14.5. The van der Waals surface area contributed by atoms with Gasteiger partial charge in [-0.1, -0.05) is 6.08 Å². The van der Waals surface area contributed by atoms with Crippen LogP contribution in [0.5, 0.6) is 11.5 Å². The van der Waals surface area contributed by atoms with E-state index < -0.39 is 0 Å². The Bertz CT molecular complexity index is 532. The molecular formula is C18H26NO2+. The summed E-state index contributed by atoms with van der Waals surface area (Å²) in [6.07, 6.45) is 9.57. The molecule has 0 amide bonds. The SMILES string of the molecule is C=CC[C@H]1[NH2+]C2(CCCC2)Cc2cc(OC)c(OC)cc21. The molecule has 1 atom stereocenters. The first-order chi connectivity index (χ1) is 10.2. The highest BCUT2D eigenvalue weighted by Crippen LogP contribution is 2.40. The fourth-order valence-electron chi connectivity index (χ4n) is 4.19. The average Bonchev–Trinajstić information content (AvgIpc) is 2.94. The number of rotatable bonds is 4. The van der Waals surface area contributed by atoms with Crippen molar-refractivity contribution in [3.05, 3.63) is 35.9 Å². The van der Waals surface area contributed by atoms with Crippen LogP contribution in [0.3, 0.4) is 0 Å². The maximum atomic E-state index is 5.49. The summed E-state index contributed by atoms with van der Waals surface area (Å²) in [7, 11) is 3.42. The Morgan fingerprint density at radius 3 is 2.52 bits per heavy atom. The van der Waals surface area contributed by atoms with Gasteiger partial charge in [0, 0.05) is 31.2 Å². The molecule has 1 fully saturated rings. The van der Waals surface area contributed by atoms with E-state index in [-0.39, 0.29) is 0 Å². The minimum absolute atomic E-state index is 0.403. The summed E-state index contributed by atoms with van der Waals surface area (Å²) < 4.78 is 11.0. The van der Waals surface area contributed by atoms with Gasteiger partial charge in [0.05, 0.1) is 14.2 Å². The van der Waals surface area contributed by atoms with Crippen LogP contribution in [-0.2, 0) is 6.42 Å². The third-order valence-corrected chi connectivity index (χ3v) is 5.16. The van der Waals surface area contributed by atoms with E-state index in [9.17, 15) is 0 Å². The van der Waals surface area contributed by atoms with Gasteiger partial charge in [-0.25, -0.2) is 0 Å². The fourth-order valence-corrected chi connectivity index (χ4v) is 4.19. The largest absolute Gasteiger partial charge is 0.493 e. The second kappa shape index (κ2) is 5.72. The predicted octanol–water partition coefficient (Wildman–Crippen LogP) is 2.75. The van der Waals surface area contributed by atoms with Gasteiger partial charge in [0.2, 0.25) is 0 Å². The first-order valence-electron chi connectivity index (χ1n) is 7.93. The molecular weight excluding hydrogens is 262 g/mol. The van der Waals surface area contributed by atoms with E-state index in [0.717, 1.165) is 24.3 Å². The molecule has 21 heavy (non-hydrogen) atoms. The minimum Gasteiger partial charge on any atom is -0.493 e. The van der Waals surface area contributed by atoms with E-state index >= 15 is 0 Å². The molecule has 2 aliphatic rings. The van der Waals surface area contributed by atoms with Gasteiger partial charge in [0.1, 0.15) is 11.6 Å². The van der Waals surface area contributed by atoms with Crippen LogP contribution in [-0.4, -0.2) is 19.8 Å². The van der Waals surface area contributed by atoms with Crippen molar-refractivity contribution in [2.24, 2.45) is 0 Å². The molecule has 0 bridgehead atoms. The maximum absolute atomic E-state index is 5.49. The van der Waals surface area contributed by atoms with Crippen LogP contribution in [0.4, 0.5) is 0 Å². The van der Waals surface area contributed by atoms with Gasteiger partial charge >= 0.3 is 0 Å². The zero-order chi connectivity index (χ0) is 14.9. The molecule has 1 heterocycles. The molecule has 3 nitrogen and oxygen atoms in total. The molecule has 3 heteroatoms. The van der Waals surface area contributed by atoms with E-state index in [4.69, 9.17) is 9.47 Å². The quantitative estimate of drug-likeness (QED) is 0.865. The Morgan fingerprint density at radius 1 is 1.24 bits per heavy atom. The Morgan fingerprint density at radius 2 is 1.90 bits per heavy atom. The lowest BCUT2D eigenvalue weighted by molar-refractivity contribution is -0.765. The molecule has 0 unspecified atom stereocenters. The molecule has 1 spiro atoms. The van der Waals surface area contributed by atoms with Crippen LogP contribution in [0.2, 0.25) is 0 Å². The van der Waals surface area contributed by atoms with Crippen molar-refractivity contribution in [2.45, 2.75) is 50.1 Å². The number of quaternary nitrogens is 1. The van der Waals surface area contributed by atoms with Gasteiger partial charge in [0.25, 0.3) is 0 Å². The Balaban J connectivity index is 2.04. The summed E-state index contributed by atoms with van der Waals surface area (Å²) in [6.45, 7) is 3.94. The first-order valence-corrected chi connectivity index (χ1v) is 7.93. The van der Waals surface area contributed by atoms with E-state index in [2.05, 4.69) is 24.0 Å². The standard InChI is InChI=1S/C18H25NO2/c1-4-7-15-14-11-17(21-3)16(20-2)10-13(14)12-18(19-15)8-5-6-9-18/h4,10-11,15,19H,1,5-9,12H2,2-3H3/p+1/t15-/m1/s1. The van der Waals surface area contributed by atoms with Gasteiger partial charge in [-0.3, -0.25) is 0 Å². The van der Waals surface area contributed by atoms with Crippen LogP contribution in [0.15, 0.2) is 24.8 Å². The van der Waals surface area contributed by atoms with Crippen molar-refractivity contribution in [3.63, 3.8) is 0 Å². The van der Waals surface area contributed by atoms with Crippen LogP contribution in [0.1, 0.15) is 49.3 Å². The van der Waals surface area contributed by atoms with Gasteiger partial charge in [-0.2, -0.15) is 0 Å². The third-order valence-electron chi connectivity index (χ3n) is 5.16. The van der Waals surface area contributed by atoms with E-state index in [0.29, 0.717) is 11.6 Å². The Labute approximate surface area is 127 Å². The number of fused-ring (bicyclic) bond motifs is 1. The highest BCUT2D eigenvalue weighted by molar-refractivity contribution is 5.49. The average molecular weight is 288 g/mol. The van der Waals surface area contributed by atoms with Gasteiger partial charge < -0.3 is 14.8 Å². The van der Waals surface area contributed by atoms with Crippen molar-refractivity contribution in [2.75, 3.05) is 14.2 Å². The Kier molecular flexibility index (Phi) is 3.94. The smallest absolute Gasteiger partial charge is 0.161 e. The molecule has 1 aromatic rings. The third kappa shape index (κ3) is 2.55.